The summed E-state index contributed by atoms with van der Waals surface area (Å²) in [6.45, 7) is 3.53. The van der Waals surface area contributed by atoms with E-state index in [1.54, 1.807) is 32.0 Å². The van der Waals surface area contributed by atoms with Gasteiger partial charge in [0.25, 0.3) is 11.1 Å². The van der Waals surface area contributed by atoms with E-state index in [-0.39, 0.29) is 11.0 Å². The van der Waals surface area contributed by atoms with Crippen molar-refractivity contribution < 1.29 is 22.0 Å². The molecule has 2 heterocycles. The molecule has 1 aromatic carbocycles. The smallest absolute Gasteiger partial charge is 0.277 e. The zero-order chi connectivity index (χ0) is 19.6. The molecule has 0 unspecified atom stereocenters. The first kappa shape index (κ1) is 19.2. The van der Waals surface area contributed by atoms with Crippen molar-refractivity contribution in [3.63, 3.8) is 0 Å². The van der Waals surface area contributed by atoms with Gasteiger partial charge in [-0.1, -0.05) is 11.8 Å². The molecule has 3 aromatic rings. The molecule has 1 N–H and O–H groups in total. The van der Waals surface area contributed by atoms with Crippen LogP contribution in [0.4, 0.5) is 5.69 Å². The van der Waals surface area contributed by atoms with Gasteiger partial charge in [-0.25, -0.2) is 8.42 Å². The van der Waals surface area contributed by atoms with Crippen molar-refractivity contribution >= 4 is 33.3 Å². The fourth-order valence-electron chi connectivity index (χ4n) is 2.33. The Morgan fingerprint density at radius 3 is 2.48 bits per heavy atom. The van der Waals surface area contributed by atoms with Gasteiger partial charge in [-0.3, -0.25) is 9.52 Å². The van der Waals surface area contributed by atoms with Gasteiger partial charge >= 0.3 is 0 Å². The molecule has 8 nitrogen and oxygen atoms in total. The lowest BCUT2D eigenvalue weighted by Crippen LogP contribution is -2.14. The Labute approximate surface area is 160 Å². The van der Waals surface area contributed by atoms with E-state index in [4.69, 9.17) is 8.83 Å². The van der Waals surface area contributed by atoms with Crippen LogP contribution in [0.1, 0.15) is 23.0 Å². The summed E-state index contributed by atoms with van der Waals surface area (Å²) < 4.78 is 35.6. The topological polar surface area (TPSA) is 115 Å². The SMILES string of the molecule is Cc1occc1-c1nnc(S[C@@H](C)C(=O)c2ccc(NS(C)(=O)=O)cc2)o1. The second kappa shape index (κ2) is 7.57. The number of benzene rings is 1. The summed E-state index contributed by atoms with van der Waals surface area (Å²) >= 11 is 1.15. The Kier molecular flexibility index (Phi) is 5.38. The number of thioether (sulfide) groups is 1. The molecular weight excluding hydrogens is 390 g/mol. The highest BCUT2D eigenvalue weighted by atomic mass is 32.2. The Balaban J connectivity index is 1.67. The third kappa shape index (κ3) is 4.77. The van der Waals surface area contributed by atoms with Gasteiger partial charge in [-0.2, -0.15) is 0 Å². The fraction of sp³-hybridized carbons (Fsp3) is 0.235. The number of aryl methyl sites for hydroxylation is 1. The molecule has 0 aliphatic rings. The maximum absolute atomic E-state index is 12.6. The molecule has 0 amide bonds. The number of anilines is 1. The maximum Gasteiger partial charge on any atom is 0.277 e. The largest absolute Gasteiger partial charge is 0.469 e. The lowest BCUT2D eigenvalue weighted by atomic mass is 10.1. The molecule has 0 saturated heterocycles. The average Bonchev–Trinajstić information content (AvgIpc) is 3.22. The second-order valence-corrected chi connectivity index (χ2v) is 8.88. The van der Waals surface area contributed by atoms with Crippen molar-refractivity contribution in [3.8, 4) is 11.5 Å². The highest BCUT2D eigenvalue weighted by molar-refractivity contribution is 8.00. The van der Waals surface area contributed by atoms with Crippen molar-refractivity contribution in [2.45, 2.75) is 24.3 Å². The van der Waals surface area contributed by atoms with Crippen LogP contribution < -0.4 is 4.72 Å². The normalized spacial score (nSPS) is 12.7. The zero-order valence-corrected chi connectivity index (χ0v) is 16.4. The van der Waals surface area contributed by atoms with Crippen LogP contribution in [0.15, 0.2) is 50.7 Å². The number of carbonyl (C=O) groups is 1. The van der Waals surface area contributed by atoms with Crippen LogP contribution in [-0.4, -0.2) is 35.9 Å². The molecule has 0 fully saturated rings. The Bertz CT molecular complexity index is 1050. The van der Waals surface area contributed by atoms with Crippen molar-refractivity contribution in [1.29, 1.82) is 0 Å². The zero-order valence-electron chi connectivity index (χ0n) is 14.8. The second-order valence-electron chi connectivity index (χ2n) is 5.84. The van der Waals surface area contributed by atoms with Gasteiger partial charge in [0.05, 0.1) is 23.3 Å². The molecule has 2 aromatic heterocycles. The highest BCUT2D eigenvalue weighted by Gasteiger charge is 2.21. The van der Waals surface area contributed by atoms with Gasteiger partial charge < -0.3 is 8.83 Å². The summed E-state index contributed by atoms with van der Waals surface area (Å²) in [5.74, 6) is 0.867. The molecule has 0 bridgehead atoms. The molecule has 0 aliphatic carbocycles. The van der Waals surface area contributed by atoms with E-state index in [0.29, 0.717) is 28.5 Å². The number of nitrogens with zero attached hydrogens (tertiary/aromatic N) is 2. The lowest BCUT2D eigenvalue weighted by Gasteiger charge is -2.09. The highest BCUT2D eigenvalue weighted by Crippen LogP contribution is 2.29. The number of Topliss-reactive ketones (excluding diaryl/α,β-unsaturated/α-hetero) is 1. The van der Waals surface area contributed by atoms with Crippen LogP contribution in [0.2, 0.25) is 0 Å². The number of furan rings is 1. The molecule has 27 heavy (non-hydrogen) atoms. The first-order chi connectivity index (χ1) is 12.7. The van der Waals surface area contributed by atoms with Gasteiger partial charge in [0.1, 0.15) is 5.76 Å². The quantitative estimate of drug-likeness (QED) is 0.468. The summed E-state index contributed by atoms with van der Waals surface area (Å²) in [6, 6.07) is 7.95. The number of rotatable bonds is 7. The number of carbonyl (C=O) groups excluding carboxylic acids is 1. The molecule has 3 rings (SSSR count). The summed E-state index contributed by atoms with van der Waals surface area (Å²) in [4.78, 5) is 12.6. The van der Waals surface area contributed by atoms with Crippen molar-refractivity contribution in [2.24, 2.45) is 0 Å². The molecule has 1 atom stereocenters. The number of sulfonamides is 1. The predicted molar refractivity (Wildman–Crippen MR) is 101 cm³/mol. The number of hydrogen-bond acceptors (Lipinski definition) is 8. The molecule has 10 heteroatoms. The monoisotopic (exact) mass is 407 g/mol. The van der Waals surface area contributed by atoms with Crippen molar-refractivity contribution in [1.82, 2.24) is 10.2 Å². The molecule has 0 spiro atoms. The maximum atomic E-state index is 12.6. The van der Waals surface area contributed by atoms with Gasteiger partial charge in [-0.05, 0) is 44.2 Å². The van der Waals surface area contributed by atoms with Crippen LogP contribution in [-0.2, 0) is 10.0 Å². The summed E-state index contributed by atoms with van der Waals surface area (Å²) in [6.07, 6.45) is 2.60. The number of aromatic nitrogens is 2. The lowest BCUT2D eigenvalue weighted by molar-refractivity contribution is 0.0993. The molecular formula is C17H17N3O5S2. The van der Waals surface area contributed by atoms with Crippen LogP contribution in [0.5, 0.6) is 0 Å². The Morgan fingerprint density at radius 1 is 1.19 bits per heavy atom. The number of ketones is 1. The van der Waals surface area contributed by atoms with Crippen LogP contribution in [0, 0.1) is 6.92 Å². The first-order valence-electron chi connectivity index (χ1n) is 7.89. The van der Waals surface area contributed by atoms with Crippen LogP contribution >= 0.6 is 11.8 Å². The van der Waals surface area contributed by atoms with Crippen molar-refractivity contribution in [3.05, 3.63) is 47.9 Å². The molecule has 0 aliphatic heterocycles. The third-order valence-corrected chi connectivity index (χ3v) is 5.16. The van der Waals surface area contributed by atoms with Crippen LogP contribution in [0.3, 0.4) is 0 Å². The van der Waals surface area contributed by atoms with E-state index in [1.807, 2.05) is 0 Å². The Morgan fingerprint density at radius 2 is 1.89 bits per heavy atom. The number of hydrogen-bond donors (Lipinski definition) is 1. The standard InChI is InChI=1S/C17H17N3O5S2/c1-10-14(8-9-24-10)16-18-19-17(25-16)26-11(2)15(21)12-4-6-13(7-5-12)20-27(3,22)23/h4-9,11,20H,1-3H3/t11-/m0/s1. The van der Waals surface area contributed by atoms with E-state index in [1.165, 1.54) is 18.4 Å². The first-order valence-corrected chi connectivity index (χ1v) is 10.7. The van der Waals surface area contributed by atoms with E-state index in [0.717, 1.165) is 18.0 Å². The number of nitrogens with one attached hydrogen (secondary N) is 1. The fourth-order valence-corrected chi connectivity index (χ4v) is 3.65. The van der Waals surface area contributed by atoms with Gasteiger partial charge in [0.2, 0.25) is 10.0 Å². The van der Waals surface area contributed by atoms with Gasteiger partial charge in [-0.15, -0.1) is 10.2 Å². The van der Waals surface area contributed by atoms with E-state index >= 15 is 0 Å². The Hall–Kier alpha value is -2.59. The third-order valence-electron chi connectivity index (χ3n) is 3.62. The summed E-state index contributed by atoms with van der Waals surface area (Å²) in [7, 11) is -3.36. The predicted octanol–water partition coefficient (Wildman–Crippen LogP) is 3.37. The summed E-state index contributed by atoms with van der Waals surface area (Å²) in [5.41, 5.74) is 1.56. The van der Waals surface area contributed by atoms with Gasteiger partial charge in [0, 0.05) is 11.3 Å². The van der Waals surface area contributed by atoms with Crippen LogP contribution in [0.25, 0.3) is 11.5 Å². The molecule has 0 saturated carbocycles. The van der Waals surface area contributed by atoms with Crippen molar-refractivity contribution in [2.75, 3.05) is 11.0 Å². The van der Waals surface area contributed by atoms with Gasteiger partial charge in [0.15, 0.2) is 5.78 Å². The molecule has 0 radical (unpaired) electrons. The minimum absolute atomic E-state index is 0.134. The van der Waals surface area contributed by atoms with E-state index in [2.05, 4.69) is 14.9 Å². The summed E-state index contributed by atoms with van der Waals surface area (Å²) in [5, 5.41) is 7.75. The van der Waals surface area contributed by atoms with E-state index < -0.39 is 15.3 Å². The molecule has 142 valence electrons. The minimum atomic E-state index is -3.36. The van der Waals surface area contributed by atoms with E-state index in [9.17, 15) is 13.2 Å². The minimum Gasteiger partial charge on any atom is -0.469 e. The average molecular weight is 407 g/mol.